The van der Waals surface area contributed by atoms with Gasteiger partial charge in [0.25, 0.3) is 5.91 Å². The molecule has 0 unspecified atom stereocenters. The van der Waals surface area contributed by atoms with Crippen LogP contribution in [-0.2, 0) is 9.53 Å². The number of methoxy groups -OCH3 is 1. The van der Waals surface area contributed by atoms with Crippen molar-refractivity contribution in [1.29, 1.82) is 0 Å². The van der Waals surface area contributed by atoms with Gasteiger partial charge in [-0.3, -0.25) is 9.69 Å². The van der Waals surface area contributed by atoms with Crippen molar-refractivity contribution in [3.63, 3.8) is 0 Å². The second kappa shape index (κ2) is 7.93. The molecule has 1 aliphatic rings. The number of thioether (sulfide) groups is 1. The SMILES string of the molecule is CCN1C(=O)/C(=C/c2cc(C)n(-c3cc(C(=O)OC)ccc3C)c2C)SC1=S. The first-order valence-electron chi connectivity index (χ1n) is 8.92. The van der Waals surface area contributed by atoms with Crippen molar-refractivity contribution < 1.29 is 14.3 Å². The maximum atomic E-state index is 12.5. The van der Waals surface area contributed by atoms with Gasteiger partial charge in [-0.2, -0.15) is 0 Å². The van der Waals surface area contributed by atoms with E-state index in [2.05, 4.69) is 4.57 Å². The fourth-order valence-corrected chi connectivity index (χ4v) is 4.69. The van der Waals surface area contributed by atoms with E-state index < -0.39 is 0 Å². The summed E-state index contributed by atoms with van der Waals surface area (Å²) in [5, 5.41) is 0. The number of esters is 1. The molecule has 2 heterocycles. The normalized spacial score (nSPS) is 15.6. The molecule has 1 fully saturated rings. The average molecular weight is 415 g/mol. The second-order valence-corrected chi connectivity index (χ2v) is 8.26. The van der Waals surface area contributed by atoms with E-state index in [1.54, 1.807) is 11.0 Å². The number of rotatable bonds is 4. The van der Waals surface area contributed by atoms with Gasteiger partial charge in [0, 0.05) is 23.6 Å². The van der Waals surface area contributed by atoms with Gasteiger partial charge < -0.3 is 9.30 Å². The molecule has 7 heteroatoms. The molecule has 1 aromatic heterocycles. The van der Waals surface area contributed by atoms with Crippen LogP contribution in [0.25, 0.3) is 11.8 Å². The van der Waals surface area contributed by atoms with E-state index in [1.165, 1.54) is 18.9 Å². The Morgan fingerprint density at radius 2 is 1.96 bits per heavy atom. The third-order valence-electron chi connectivity index (χ3n) is 4.82. The number of benzene rings is 1. The lowest BCUT2D eigenvalue weighted by atomic mass is 10.1. The number of carbonyl (C=O) groups excluding carboxylic acids is 2. The number of thiocarbonyl (C=S) groups is 1. The zero-order valence-electron chi connectivity index (χ0n) is 16.5. The summed E-state index contributed by atoms with van der Waals surface area (Å²) in [6.45, 7) is 8.49. The molecule has 0 radical (unpaired) electrons. The summed E-state index contributed by atoms with van der Waals surface area (Å²) >= 11 is 6.63. The predicted octanol–water partition coefficient (Wildman–Crippen LogP) is 4.41. The van der Waals surface area contributed by atoms with Crippen LogP contribution < -0.4 is 0 Å². The fraction of sp³-hybridized carbons (Fsp3) is 0.286. The monoisotopic (exact) mass is 414 g/mol. The lowest BCUT2D eigenvalue weighted by Gasteiger charge is -2.14. The Labute approximate surface area is 174 Å². The number of carbonyl (C=O) groups is 2. The van der Waals surface area contributed by atoms with Crippen molar-refractivity contribution in [3.8, 4) is 5.69 Å². The summed E-state index contributed by atoms with van der Waals surface area (Å²) in [5.41, 5.74) is 5.42. The van der Waals surface area contributed by atoms with Crippen LogP contribution in [0.2, 0.25) is 0 Å². The summed E-state index contributed by atoms with van der Waals surface area (Å²) in [6.07, 6.45) is 1.90. The van der Waals surface area contributed by atoms with Crippen LogP contribution in [0.5, 0.6) is 0 Å². The van der Waals surface area contributed by atoms with Crippen LogP contribution in [0.1, 0.15) is 39.8 Å². The van der Waals surface area contributed by atoms with Crippen LogP contribution in [0.4, 0.5) is 0 Å². The lowest BCUT2D eigenvalue weighted by molar-refractivity contribution is -0.121. The molecule has 0 atom stereocenters. The van der Waals surface area contributed by atoms with Crippen molar-refractivity contribution in [3.05, 3.63) is 57.2 Å². The molecule has 3 rings (SSSR count). The van der Waals surface area contributed by atoms with Gasteiger partial charge in [-0.1, -0.05) is 30.0 Å². The molecule has 0 N–H and O–H groups in total. The maximum absolute atomic E-state index is 12.5. The van der Waals surface area contributed by atoms with Gasteiger partial charge in [-0.05, 0) is 63.1 Å². The third kappa shape index (κ3) is 3.52. The van der Waals surface area contributed by atoms with Crippen LogP contribution in [0, 0.1) is 20.8 Å². The predicted molar refractivity (Wildman–Crippen MR) is 117 cm³/mol. The van der Waals surface area contributed by atoms with E-state index in [1.807, 2.05) is 52.0 Å². The topological polar surface area (TPSA) is 51.5 Å². The molecule has 1 aliphatic heterocycles. The van der Waals surface area contributed by atoms with E-state index >= 15 is 0 Å². The Bertz CT molecular complexity index is 1020. The van der Waals surface area contributed by atoms with Crippen molar-refractivity contribution in [2.45, 2.75) is 27.7 Å². The number of hydrogen-bond donors (Lipinski definition) is 0. The first-order valence-corrected chi connectivity index (χ1v) is 10.1. The minimum Gasteiger partial charge on any atom is -0.465 e. The number of hydrogen-bond acceptors (Lipinski definition) is 5. The summed E-state index contributed by atoms with van der Waals surface area (Å²) in [4.78, 5) is 26.7. The van der Waals surface area contributed by atoms with Gasteiger partial charge in [0.1, 0.15) is 4.32 Å². The van der Waals surface area contributed by atoms with Gasteiger partial charge >= 0.3 is 5.97 Å². The molecular weight excluding hydrogens is 392 g/mol. The van der Waals surface area contributed by atoms with E-state index in [0.717, 1.165) is 28.2 Å². The first-order chi connectivity index (χ1) is 13.3. The van der Waals surface area contributed by atoms with Crippen LogP contribution in [0.15, 0.2) is 29.2 Å². The number of likely N-dealkylation sites (N-methyl/N-ethyl adjacent to an activating group) is 1. The number of ether oxygens (including phenoxy) is 1. The fourth-order valence-electron chi connectivity index (χ4n) is 3.31. The zero-order chi connectivity index (χ0) is 20.6. The molecule has 0 spiro atoms. The summed E-state index contributed by atoms with van der Waals surface area (Å²) in [7, 11) is 1.37. The average Bonchev–Trinajstić information content (AvgIpc) is 3.10. The molecule has 5 nitrogen and oxygen atoms in total. The van der Waals surface area contributed by atoms with E-state index in [4.69, 9.17) is 17.0 Å². The van der Waals surface area contributed by atoms with Crippen molar-refractivity contribution in [1.82, 2.24) is 9.47 Å². The van der Waals surface area contributed by atoms with Crippen LogP contribution >= 0.6 is 24.0 Å². The van der Waals surface area contributed by atoms with Gasteiger partial charge in [0.05, 0.1) is 17.6 Å². The van der Waals surface area contributed by atoms with E-state index in [-0.39, 0.29) is 11.9 Å². The van der Waals surface area contributed by atoms with Crippen molar-refractivity contribution in [2.75, 3.05) is 13.7 Å². The third-order valence-corrected chi connectivity index (χ3v) is 6.20. The largest absolute Gasteiger partial charge is 0.465 e. The Balaban J connectivity index is 2.07. The van der Waals surface area contributed by atoms with Crippen molar-refractivity contribution >= 4 is 46.3 Å². The van der Waals surface area contributed by atoms with Crippen LogP contribution in [-0.4, -0.2) is 39.3 Å². The highest BCUT2D eigenvalue weighted by molar-refractivity contribution is 8.26. The molecule has 1 amide bonds. The quantitative estimate of drug-likeness (QED) is 0.421. The van der Waals surface area contributed by atoms with E-state index in [9.17, 15) is 9.59 Å². The molecular formula is C21H22N2O3S2. The van der Waals surface area contributed by atoms with E-state index in [0.29, 0.717) is 21.3 Å². The maximum Gasteiger partial charge on any atom is 0.337 e. The Morgan fingerprint density at radius 3 is 2.57 bits per heavy atom. The van der Waals surface area contributed by atoms with Crippen LogP contribution in [0.3, 0.4) is 0 Å². The van der Waals surface area contributed by atoms with Gasteiger partial charge in [0.15, 0.2) is 0 Å². The number of nitrogens with zero attached hydrogens (tertiary/aromatic N) is 2. The molecule has 1 saturated heterocycles. The Kier molecular flexibility index (Phi) is 5.76. The van der Waals surface area contributed by atoms with Crippen molar-refractivity contribution in [2.24, 2.45) is 0 Å². The molecule has 28 heavy (non-hydrogen) atoms. The molecule has 0 saturated carbocycles. The Hall–Kier alpha value is -2.38. The minimum absolute atomic E-state index is 0.0498. The first kappa shape index (κ1) is 20.4. The molecule has 0 aliphatic carbocycles. The minimum atomic E-state index is -0.368. The molecule has 1 aromatic carbocycles. The molecule has 2 aromatic rings. The standard InChI is InChI=1S/C21H22N2O3S2/c1-6-22-19(24)18(28-21(22)27)11-16-9-13(3)23(14(16)4)17-10-15(20(25)26-5)8-7-12(17)2/h7-11H,6H2,1-5H3/b18-11-. The zero-order valence-corrected chi connectivity index (χ0v) is 18.2. The van der Waals surface area contributed by atoms with Gasteiger partial charge in [-0.15, -0.1) is 0 Å². The number of amides is 1. The summed E-state index contributed by atoms with van der Waals surface area (Å²) < 4.78 is 7.53. The highest BCUT2D eigenvalue weighted by atomic mass is 32.2. The lowest BCUT2D eigenvalue weighted by Crippen LogP contribution is -2.27. The number of aryl methyl sites for hydroxylation is 2. The summed E-state index contributed by atoms with van der Waals surface area (Å²) in [6, 6.07) is 7.54. The molecule has 0 bridgehead atoms. The highest BCUT2D eigenvalue weighted by Gasteiger charge is 2.31. The van der Waals surface area contributed by atoms with Gasteiger partial charge in [-0.25, -0.2) is 4.79 Å². The van der Waals surface area contributed by atoms with Gasteiger partial charge in [0.2, 0.25) is 0 Å². The summed E-state index contributed by atoms with van der Waals surface area (Å²) in [5.74, 6) is -0.418. The number of aromatic nitrogens is 1. The smallest absolute Gasteiger partial charge is 0.337 e. The Morgan fingerprint density at radius 1 is 1.25 bits per heavy atom. The highest BCUT2D eigenvalue weighted by Crippen LogP contribution is 2.34. The molecule has 146 valence electrons. The second-order valence-electron chi connectivity index (χ2n) is 6.58.